The first-order chi connectivity index (χ1) is 12.8. The van der Waals surface area contributed by atoms with E-state index in [4.69, 9.17) is 16.3 Å². The number of anilines is 2. The minimum absolute atomic E-state index is 0.288. The van der Waals surface area contributed by atoms with Crippen molar-refractivity contribution >= 4 is 38.9 Å². The predicted octanol–water partition coefficient (Wildman–Crippen LogP) is 3.92. The number of rotatable bonds is 8. The summed E-state index contributed by atoms with van der Waals surface area (Å²) in [5.41, 5.74) is 0.824. The highest BCUT2D eigenvalue weighted by Crippen LogP contribution is 2.27. The van der Waals surface area contributed by atoms with Crippen LogP contribution < -0.4 is 14.4 Å². The van der Waals surface area contributed by atoms with Crippen molar-refractivity contribution in [2.75, 3.05) is 22.5 Å². The summed E-state index contributed by atoms with van der Waals surface area (Å²) in [5.74, 6) is 0.174. The van der Waals surface area contributed by atoms with Gasteiger partial charge in [0.1, 0.15) is 11.8 Å². The van der Waals surface area contributed by atoms with E-state index in [9.17, 15) is 13.2 Å². The molecular formula is C19H23ClN2O4S. The molecule has 8 heteroatoms. The molecule has 0 aliphatic rings. The first-order valence-electron chi connectivity index (χ1n) is 8.55. The average Bonchev–Trinajstić information content (AvgIpc) is 2.61. The van der Waals surface area contributed by atoms with E-state index in [1.807, 2.05) is 6.92 Å². The van der Waals surface area contributed by atoms with Gasteiger partial charge in [0, 0.05) is 0 Å². The summed E-state index contributed by atoms with van der Waals surface area (Å²) in [4.78, 5) is 12.8. The first-order valence-corrected chi connectivity index (χ1v) is 10.8. The van der Waals surface area contributed by atoms with Crippen molar-refractivity contribution in [1.29, 1.82) is 0 Å². The molecule has 2 rings (SSSR count). The van der Waals surface area contributed by atoms with Crippen LogP contribution in [0.25, 0.3) is 0 Å². The highest BCUT2D eigenvalue weighted by Gasteiger charge is 2.31. The number of para-hydroxylation sites is 1. The molecule has 0 heterocycles. The number of nitrogens with zero attached hydrogens (tertiary/aromatic N) is 1. The van der Waals surface area contributed by atoms with Crippen molar-refractivity contribution in [2.45, 2.75) is 26.3 Å². The molecule has 2 aromatic carbocycles. The summed E-state index contributed by atoms with van der Waals surface area (Å²) in [5, 5.41) is 3.10. The van der Waals surface area contributed by atoms with E-state index in [1.54, 1.807) is 55.5 Å². The fourth-order valence-corrected chi connectivity index (χ4v) is 4.09. The van der Waals surface area contributed by atoms with Gasteiger partial charge >= 0.3 is 0 Å². The second kappa shape index (κ2) is 9.10. The van der Waals surface area contributed by atoms with Crippen LogP contribution in [-0.4, -0.2) is 33.2 Å². The number of hydrogen-bond donors (Lipinski definition) is 1. The number of nitrogens with one attached hydrogen (secondary N) is 1. The van der Waals surface area contributed by atoms with Gasteiger partial charge in [0.25, 0.3) is 0 Å². The molecule has 0 bridgehead atoms. The lowest BCUT2D eigenvalue weighted by molar-refractivity contribution is -0.117. The summed E-state index contributed by atoms with van der Waals surface area (Å²) in [7, 11) is -3.70. The third-order valence-electron chi connectivity index (χ3n) is 3.86. The quantitative estimate of drug-likeness (QED) is 0.715. The number of halogens is 1. The first kappa shape index (κ1) is 21.1. The molecule has 1 amide bonds. The zero-order valence-electron chi connectivity index (χ0n) is 15.5. The molecule has 6 nitrogen and oxygen atoms in total. The van der Waals surface area contributed by atoms with Gasteiger partial charge in [-0.2, -0.15) is 0 Å². The van der Waals surface area contributed by atoms with Gasteiger partial charge in [-0.1, -0.05) is 30.7 Å². The number of amides is 1. The third kappa shape index (κ3) is 5.37. The molecular weight excluding hydrogens is 388 g/mol. The fourth-order valence-electron chi connectivity index (χ4n) is 2.69. The molecule has 0 fully saturated rings. The number of carbonyl (C=O) groups is 1. The Labute approximate surface area is 165 Å². The minimum Gasteiger partial charge on any atom is -0.494 e. The van der Waals surface area contributed by atoms with E-state index in [2.05, 4.69) is 5.32 Å². The Bertz CT molecular complexity index is 885. The van der Waals surface area contributed by atoms with Gasteiger partial charge in [0.2, 0.25) is 15.9 Å². The fraction of sp³-hybridized carbons (Fsp3) is 0.316. The Kier molecular flexibility index (Phi) is 7.10. The highest BCUT2D eigenvalue weighted by atomic mass is 35.5. The molecule has 146 valence electrons. The van der Waals surface area contributed by atoms with Crippen molar-refractivity contribution in [3.63, 3.8) is 0 Å². The van der Waals surface area contributed by atoms with Crippen LogP contribution in [0.2, 0.25) is 5.02 Å². The van der Waals surface area contributed by atoms with E-state index in [1.165, 1.54) is 0 Å². The summed E-state index contributed by atoms with van der Waals surface area (Å²) in [6.45, 7) is 4.12. The maximum atomic E-state index is 12.8. The highest BCUT2D eigenvalue weighted by molar-refractivity contribution is 7.92. The molecule has 0 saturated carbocycles. The van der Waals surface area contributed by atoms with Crippen molar-refractivity contribution in [1.82, 2.24) is 0 Å². The van der Waals surface area contributed by atoms with Gasteiger partial charge in [0.15, 0.2) is 0 Å². The standard InChI is InChI=1S/C19H23ClN2O4S/c1-4-18(19(23)21-17-9-7-6-8-16(17)20)22(27(3,24)25)14-10-12-15(13-11-14)26-5-2/h6-13,18H,4-5H2,1-3H3,(H,21,23)/t18-/m0/s1. The van der Waals surface area contributed by atoms with Crippen LogP contribution in [0.1, 0.15) is 20.3 Å². The van der Waals surface area contributed by atoms with Crippen LogP contribution >= 0.6 is 11.6 Å². The zero-order valence-corrected chi connectivity index (χ0v) is 17.0. The molecule has 0 saturated heterocycles. The number of benzene rings is 2. The van der Waals surface area contributed by atoms with Crippen molar-refractivity contribution in [2.24, 2.45) is 0 Å². The monoisotopic (exact) mass is 410 g/mol. The molecule has 0 radical (unpaired) electrons. The summed E-state index contributed by atoms with van der Waals surface area (Å²) in [6, 6.07) is 12.5. The van der Waals surface area contributed by atoms with Gasteiger partial charge in [-0.15, -0.1) is 0 Å². The molecule has 2 aromatic rings. The maximum Gasteiger partial charge on any atom is 0.248 e. The Morgan fingerprint density at radius 2 is 1.78 bits per heavy atom. The van der Waals surface area contributed by atoms with Gasteiger partial charge in [0.05, 0.1) is 29.3 Å². The lowest BCUT2D eigenvalue weighted by Gasteiger charge is -2.30. The van der Waals surface area contributed by atoms with Gasteiger partial charge in [-0.05, 0) is 49.7 Å². The molecule has 1 atom stereocenters. The molecule has 0 aliphatic carbocycles. The molecule has 0 spiro atoms. The maximum absolute atomic E-state index is 12.8. The average molecular weight is 411 g/mol. The van der Waals surface area contributed by atoms with Crippen LogP contribution in [-0.2, 0) is 14.8 Å². The van der Waals surface area contributed by atoms with E-state index in [0.29, 0.717) is 28.8 Å². The summed E-state index contributed by atoms with van der Waals surface area (Å²) < 4.78 is 31.4. The molecule has 0 unspecified atom stereocenters. The zero-order chi connectivity index (χ0) is 20.0. The van der Waals surface area contributed by atoms with E-state index in [0.717, 1.165) is 10.6 Å². The lowest BCUT2D eigenvalue weighted by atomic mass is 10.1. The summed E-state index contributed by atoms with van der Waals surface area (Å²) >= 11 is 6.09. The largest absolute Gasteiger partial charge is 0.494 e. The van der Waals surface area contributed by atoms with Crippen molar-refractivity contribution < 1.29 is 17.9 Å². The second-order valence-corrected chi connectivity index (χ2v) is 8.15. The SMILES string of the molecule is CCOc1ccc(N([C@@H](CC)C(=O)Nc2ccccc2Cl)S(C)(=O)=O)cc1. The number of hydrogen-bond acceptors (Lipinski definition) is 4. The van der Waals surface area contributed by atoms with Gasteiger partial charge < -0.3 is 10.1 Å². The van der Waals surface area contributed by atoms with Gasteiger partial charge in [-0.3, -0.25) is 9.10 Å². The number of sulfonamides is 1. The molecule has 1 N–H and O–H groups in total. The van der Waals surface area contributed by atoms with Crippen molar-refractivity contribution in [3.05, 3.63) is 53.6 Å². The van der Waals surface area contributed by atoms with Gasteiger partial charge in [-0.25, -0.2) is 8.42 Å². The van der Waals surface area contributed by atoms with Crippen LogP contribution in [0, 0.1) is 0 Å². The Hall–Kier alpha value is -2.25. The molecule has 27 heavy (non-hydrogen) atoms. The topological polar surface area (TPSA) is 75.7 Å². The third-order valence-corrected chi connectivity index (χ3v) is 5.37. The molecule has 0 aliphatic heterocycles. The lowest BCUT2D eigenvalue weighted by Crippen LogP contribution is -2.47. The van der Waals surface area contributed by atoms with Crippen LogP contribution in [0.15, 0.2) is 48.5 Å². The normalized spacial score (nSPS) is 12.3. The smallest absolute Gasteiger partial charge is 0.248 e. The summed E-state index contributed by atoms with van der Waals surface area (Å²) in [6.07, 6.45) is 1.37. The Morgan fingerprint density at radius 3 is 2.30 bits per heavy atom. The van der Waals surface area contributed by atoms with Crippen LogP contribution in [0.5, 0.6) is 5.75 Å². The van der Waals surface area contributed by atoms with Crippen LogP contribution in [0.3, 0.4) is 0 Å². The van der Waals surface area contributed by atoms with Crippen LogP contribution in [0.4, 0.5) is 11.4 Å². The minimum atomic E-state index is -3.70. The van der Waals surface area contributed by atoms with E-state index in [-0.39, 0.29) is 6.42 Å². The van der Waals surface area contributed by atoms with E-state index < -0.39 is 22.0 Å². The Balaban J connectivity index is 2.35. The molecule has 0 aromatic heterocycles. The van der Waals surface area contributed by atoms with Crippen molar-refractivity contribution in [3.8, 4) is 5.75 Å². The Morgan fingerprint density at radius 1 is 1.15 bits per heavy atom. The second-order valence-electron chi connectivity index (χ2n) is 5.88. The van der Waals surface area contributed by atoms with E-state index >= 15 is 0 Å². The predicted molar refractivity (Wildman–Crippen MR) is 109 cm³/mol. The number of carbonyl (C=O) groups excluding carboxylic acids is 1. The number of ether oxygens (including phenoxy) is 1.